The molecular formula is C34H42Cl3F9N10O6. The van der Waals surface area contributed by atoms with Crippen LogP contribution in [0.4, 0.5) is 44.3 Å². The number of piperazine rings is 2. The minimum absolute atomic E-state index is 0.0219. The highest BCUT2D eigenvalue weighted by atomic mass is 35.5. The monoisotopic (exact) mass is 962 g/mol. The first-order chi connectivity index (χ1) is 28.3. The van der Waals surface area contributed by atoms with E-state index in [4.69, 9.17) is 44.6 Å². The predicted molar refractivity (Wildman–Crippen MR) is 202 cm³/mol. The minimum Gasteiger partial charge on any atom is -0.480 e. The average molecular weight is 964 g/mol. The van der Waals surface area contributed by atoms with Gasteiger partial charge in [0.15, 0.2) is 17.1 Å². The molecule has 0 aliphatic carbocycles. The van der Waals surface area contributed by atoms with Gasteiger partial charge in [-0.2, -0.15) is 54.8 Å². The number of carbonyl (C=O) groups excluding carboxylic acids is 3. The molecule has 0 spiro atoms. The van der Waals surface area contributed by atoms with Crippen LogP contribution in [0.2, 0.25) is 15.1 Å². The van der Waals surface area contributed by atoms with Gasteiger partial charge in [-0.15, -0.1) is 0 Å². The summed E-state index contributed by atoms with van der Waals surface area (Å²) in [5, 5.41) is 19.9. The molecule has 2 aliphatic rings. The topological polar surface area (TPSA) is 173 Å². The Hall–Kier alpha value is -4.49. The van der Waals surface area contributed by atoms with E-state index in [0.29, 0.717) is 30.9 Å². The summed E-state index contributed by atoms with van der Waals surface area (Å²) in [5.41, 5.74) is -4.03. The molecule has 16 nitrogen and oxygen atoms in total. The summed E-state index contributed by atoms with van der Waals surface area (Å²) in [4.78, 5) is 51.3. The molecule has 5 heterocycles. The maximum atomic E-state index is 12.9. The van der Waals surface area contributed by atoms with Crippen LogP contribution in [0.15, 0.2) is 0 Å². The SMILES string of the molecule is Cc1c(Cl)c(C(F)(F)F)nn1CC(=O)N1CCN(C(=O)OC(C)(C)C)CC1.Cc1c(Cl)c(C(F)(F)F)nn1CC(=O)N1CCNCC1.Cc1c(Cl)c(C(F)(F)F)nn1CC(=O)O. The van der Waals surface area contributed by atoms with Crippen molar-refractivity contribution in [2.45, 2.75) is 85.3 Å². The second-order valence-corrected chi connectivity index (χ2v) is 15.7. The number of nitrogens with zero attached hydrogens (tertiary/aromatic N) is 9. The Morgan fingerprint density at radius 3 is 1.18 bits per heavy atom. The van der Waals surface area contributed by atoms with Gasteiger partial charge in [0.25, 0.3) is 0 Å². The van der Waals surface area contributed by atoms with Crippen molar-refractivity contribution in [3.63, 3.8) is 0 Å². The molecule has 2 fully saturated rings. The van der Waals surface area contributed by atoms with Gasteiger partial charge in [-0.3, -0.25) is 28.4 Å². The second-order valence-electron chi connectivity index (χ2n) is 14.6. The van der Waals surface area contributed by atoms with Crippen LogP contribution in [0.3, 0.4) is 0 Å². The van der Waals surface area contributed by atoms with E-state index in [2.05, 4.69) is 20.6 Å². The van der Waals surface area contributed by atoms with Crippen LogP contribution in [-0.2, 0) is 57.3 Å². The van der Waals surface area contributed by atoms with Gasteiger partial charge >= 0.3 is 30.6 Å². The van der Waals surface area contributed by atoms with E-state index in [1.165, 1.54) is 30.6 Å². The molecule has 3 amide bonds. The molecule has 2 N–H and O–H groups in total. The molecular weight excluding hydrogens is 922 g/mol. The molecule has 2 saturated heterocycles. The Kier molecular flexibility index (Phi) is 17.0. The van der Waals surface area contributed by atoms with Crippen LogP contribution in [0, 0.1) is 20.8 Å². The molecule has 0 saturated carbocycles. The van der Waals surface area contributed by atoms with E-state index in [1.54, 1.807) is 25.7 Å². The Bertz CT molecular complexity index is 2080. The molecule has 3 aromatic heterocycles. The highest BCUT2D eigenvalue weighted by molar-refractivity contribution is 6.32. The molecule has 5 rings (SSSR count). The summed E-state index contributed by atoms with van der Waals surface area (Å²) in [6, 6.07) is 0. The third kappa shape index (κ3) is 14.0. The highest BCUT2D eigenvalue weighted by Crippen LogP contribution is 2.37. The van der Waals surface area contributed by atoms with E-state index in [1.807, 2.05) is 0 Å². The molecule has 62 heavy (non-hydrogen) atoms. The molecule has 348 valence electrons. The minimum atomic E-state index is -4.69. The fourth-order valence-corrected chi connectivity index (χ4v) is 6.27. The van der Waals surface area contributed by atoms with Gasteiger partial charge in [0, 0.05) is 52.4 Å². The third-order valence-electron chi connectivity index (χ3n) is 8.81. The number of aromatic nitrogens is 6. The van der Waals surface area contributed by atoms with Gasteiger partial charge in [0.1, 0.15) is 25.2 Å². The van der Waals surface area contributed by atoms with Crippen LogP contribution in [0.1, 0.15) is 54.9 Å². The zero-order chi connectivity index (χ0) is 47.3. The molecule has 2 aliphatic heterocycles. The fourth-order valence-electron chi connectivity index (χ4n) is 5.54. The number of ether oxygens (including phenoxy) is 1. The molecule has 3 aromatic rings. The lowest BCUT2D eigenvalue weighted by Crippen LogP contribution is -2.52. The van der Waals surface area contributed by atoms with Crippen molar-refractivity contribution < 1.29 is 68.5 Å². The van der Waals surface area contributed by atoms with Crippen molar-refractivity contribution in [2.24, 2.45) is 0 Å². The van der Waals surface area contributed by atoms with Gasteiger partial charge < -0.3 is 29.9 Å². The maximum absolute atomic E-state index is 12.9. The largest absolute Gasteiger partial charge is 0.480 e. The standard InChI is InChI=1S/C16H22ClF3N4O3.C11H14ClF3N4O.C7H6ClF3N2O2/c1-10-12(17)13(16(18,19)20)21-24(10)9-11(25)22-5-7-23(8-6-22)14(26)27-15(2,3)4;1-7-9(12)10(11(13,14)15)17-19(7)6-8(20)18-4-2-16-3-5-18;1-3-5(8)6(7(9,10)11)12-13(3)2-4(14)15/h5-9H2,1-4H3;16H,2-6H2,1H3;2H2,1H3,(H,14,15). The van der Waals surface area contributed by atoms with Crippen molar-refractivity contribution in [2.75, 3.05) is 52.4 Å². The molecule has 0 radical (unpaired) electrons. The predicted octanol–water partition coefficient (Wildman–Crippen LogP) is 6.19. The summed E-state index contributed by atoms with van der Waals surface area (Å²) in [6.45, 7) is 11.6. The summed E-state index contributed by atoms with van der Waals surface area (Å²) >= 11 is 16.7. The van der Waals surface area contributed by atoms with Crippen molar-refractivity contribution in [1.82, 2.24) is 49.4 Å². The first kappa shape index (κ1) is 51.9. The molecule has 0 aromatic carbocycles. The summed E-state index contributed by atoms with van der Waals surface area (Å²) in [7, 11) is 0. The summed E-state index contributed by atoms with van der Waals surface area (Å²) in [5.74, 6) is -1.94. The van der Waals surface area contributed by atoms with Gasteiger partial charge in [0.2, 0.25) is 11.8 Å². The zero-order valence-electron chi connectivity index (χ0n) is 33.8. The van der Waals surface area contributed by atoms with Crippen molar-refractivity contribution in [1.29, 1.82) is 0 Å². The van der Waals surface area contributed by atoms with Crippen LogP contribution in [0.5, 0.6) is 0 Å². The van der Waals surface area contributed by atoms with Crippen LogP contribution in [-0.4, -0.2) is 131 Å². The average Bonchev–Trinajstić information content (AvgIpc) is 3.73. The number of carboxylic acid groups (broad SMARTS) is 1. The number of carboxylic acids is 1. The van der Waals surface area contributed by atoms with Gasteiger partial charge in [-0.05, 0) is 41.5 Å². The quantitative estimate of drug-likeness (QED) is 0.272. The fraction of sp³-hybridized carbons (Fsp3) is 0.618. The lowest BCUT2D eigenvalue weighted by molar-refractivity contribution is -0.143. The van der Waals surface area contributed by atoms with E-state index < -0.39 is 80.8 Å². The summed E-state index contributed by atoms with van der Waals surface area (Å²) < 4.78 is 121. The first-order valence-corrected chi connectivity index (χ1v) is 19.3. The van der Waals surface area contributed by atoms with Crippen molar-refractivity contribution >= 4 is 58.7 Å². The van der Waals surface area contributed by atoms with E-state index >= 15 is 0 Å². The number of halogens is 12. The lowest BCUT2D eigenvalue weighted by atomic mass is 10.2. The normalized spacial score (nSPS) is 15.1. The van der Waals surface area contributed by atoms with Crippen molar-refractivity contribution in [3.8, 4) is 0 Å². The number of amides is 3. The van der Waals surface area contributed by atoms with Crippen molar-refractivity contribution in [3.05, 3.63) is 49.2 Å². The number of alkyl halides is 9. The molecule has 0 bridgehead atoms. The molecule has 0 unspecified atom stereocenters. The second kappa shape index (κ2) is 20.3. The number of hydrogen-bond donors (Lipinski definition) is 2. The third-order valence-corrected chi connectivity index (χ3v) is 10.2. The van der Waals surface area contributed by atoms with Gasteiger partial charge in [-0.1, -0.05) is 34.8 Å². The van der Waals surface area contributed by atoms with Crippen LogP contribution >= 0.6 is 34.8 Å². The number of hydrogen-bond acceptors (Lipinski definition) is 9. The van der Waals surface area contributed by atoms with Gasteiger partial charge in [-0.25, -0.2) is 4.79 Å². The zero-order valence-corrected chi connectivity index (χ0v) is 36.1. The number of aliphatic carboxylic acids is 1. The van der Waals surface area contributed by atoms with E-state index in [0.717, 1.165) is 9.36 Å². The number of rotatable bonds is 6. The Morgan fingerprint density at radius 1 is 0.581 bits per heavy atom. The van der Waals surface area contributed by atoms with Crippen LogP contribution < -0.4 is 5.32 Å². The Balaban J connectivity index is 0.000000259. The number of carbonyl (C=O) groups is 4. The van der Waals surface area contributed by atoms with E-state index in [9.17, 15) is 58.7 Å². The number of nitrogens with one attached hydrogen (secondary N) is 1. The highest BCUT2D eigenvalue weighted by Gasteiger charge is 2.41. The Morgan fingerprint density at radius 2 is 0.887 bits per heavy atom. The lowest BCUT2D eigenvalue weighted by Gasteiger charge is -2.35. The van der Waals surface area contributed by atoms with Gasteiger partial charge in [0.05, 0.1) is 32.1 Å². The van der Waals surface area contributed by atoms with E-state index in [-0.39, 0.29) is 62.3 Å². The molecule has 28 heteroatoms. The summed E-state index contributed by atoms with van der Waals surface area (Å²) in [6.07, 6.45) is -14.4. The molecule has 0 atom stereocenters. The Labute approximate surface area is 362 Å². The van der Waals surface area contributed by atoms with Crippen LogP contribution in [0.25, 0.3) is 0 Å². The smallest absolute Gasteiger partial charge is 0.436 e. The maximum Gasteiger partial charge on any atom is 0.436 e. The first-order valence-electron chi connectivity index (χ1n) is 18.2.